The van der Waals surface area contributed by atoms with Crippen LogP contribution in [0, 0.1) is 0 Å². The van der Waals surface area contributed by atoms with Crippen LogP contribution in [0.5, 0.6) is 0 Å². The summed E-state index contributed by atoms with van der Waals surface area (Å²) in [4.78, 5) is 30.6. The van der Waals surface area contributed by atoms with Crippen LogP contribution in [0.25, 0.3) is 22.3 Å². The van der Waals surface area contributed by atoms with E-state index in [2.05, 4.69) is 15.3 Å². The lowest BCUT2D eigenvalue weighted by molar-refractivity contribution is 0.205. The Kier molecular flexibility index (Phi) is 4.28. The second-order valence-corrected chi connectivity index (χ2v) is 7.66. The van der Waals surface area contributed by atoms with Crippen molar-refractivity contribution in [2.45, 2.75) is 25.4 Å². The Morgan fingerprint density at radius 3 is 2.69 bits per heavy atom. The Labute approximate surface area is 168 Å². The number of hydrogen-bond donors (Lipinski definition) is 2. The molecule has 0 unspecified atom stereocenters. The second-order valence-electron chi connectivity index (χ2n) is 7.66. The quantitative estimate of drug-likeness (QED) is 0.698. The summed E-state index contributed by atoms with van der Waals surface area (Å²) in [5.74, 6) is 0.472. The van der Waals surface area contributed by atoms with Gasteiger partial charge in [0.1, 0.15) is 11.3 Å². The van der Waals surface area contributed by atoms with Gasteiger partial charge in [0, 0.05) is 36.6 Å². The third-order valence-corrected chi connectivity index (χ3v) is 5.70. The Morgan fingerprint density at radius 2 is 1.93 bits per heavy atom. The van der Waals surface area contributed by atoms with Gasteiger partial charge in [0.25, 0.3) is 0 Å². The fraction of sp³-hybridized carbons (Fsp3) is 0.333. The van der Waals surface area contributed by atoms with E-state index in [1.54, 1.807) is 17.2 Å². The van der Waals surface area contributed by atoms with Crippen molar-refractivity contribution in [3.05, 3.63) is 42.2 Å². The minimum atomic E-state index is 0.0262. The van der Waals surface area contributed by atoms with Crippen LogP contribution in [-0.2, 0) is 6.54 Å². The molecule has 2 amide bonds. The number of carbonyl (C=O) groups is 1. The van der Waals surface area contributed by atoms with Crippen LogP contribution in [-0.4, -0.2) is 52.1 Å². The van der Waals surface area contributed by atoms with Crippen molar-refractivity contribution in [3.63, 3.8) is 0 Å². The van der Waals surface area contributed by atoms with Gasteiger partial charge < -0.3 is 16.0 Å². The van der Waals surface area contributed by atoms with Gasteiger partial charge in [-0.25, -0.2) is 14.8 Å². The molecule has 2 aliphatic heterocycles. The van der Waals surface area contributed by atoms with Gasteiger partial charge in [-0.3, -0.25) is 9.88 Å². The van der Waals surface area contributed by atoms with Crippen LogP contribution in [0.3, 0.4) is 0 Å². The van der Waals surface area contributed by atoms with Crippen molar-refractivity contribution in [1.29, 1.82) is 0 Å². The average Bonchev–Trinajstić information content (AvgIpc) is 2.75. The van der Waals surface area contributed by atoms with Crippen molar-refractivity contribution in [3.8, 4) is 11.3 Å². The molecular weight excluding hydrogens is 366 g/mol. The highest BCUT2D eigenvalue weighted by Crippen LogP contribution is 2.37. The van der Waals surface area contributed by atoms with E-state index in [-0.39, 0.29) is 12.1 Å². The summed E-state index contributed by atoms with van der Waals surface area (Å²) in [6, 6.07) is 7.73. The first kappa shape index (κ1) is 17.8. The van der Waals surface area contributed by atoms with Gasteiger partial charge in [-0.2, -0.15) is 0 Å². The molecular formula is C21H23N7O. The first-order chi connectivity index (χ1) is 14.1. The van der Waals surface area contributed by atoms with Gasteiger partial charge in [-0.15, -0.1) is 0 Å². The van der Waals surface area contributed by atoms with E-state index in [4.69, 9.17) is 10.7 Å². The summed E-state index contributed by atoms with van der Waals surface area (Å²) in [7, 11) is 1.84. The van der Waals surface area contributed by atoms with Crippen LogP contribution in [0.4, 0.5) is 16.3 Å². The molecule has 0 spiro atoms. The zero-order chi connectivity index (χ0) is 20.0. The molecule has 3 aromatic rings. The molecule has 0 saturated carbocycles. The normalized spacial score (nSPS) is 17.6. The molecule has 1 saturated heterocycles. The highest BCUT2D eigenvalue weighted by molar-refractivity contribution is 6.04. The molecule has 8 nitrogen and oxygen atoms in total. The van der Waals surface area contributed by atoms with E-state index >= 15 is 0 Å². The molecule has 3 N–H and O–H groups in total. The molecule has 29 heavy (non-hydrogen) atoms. The molecule has 5 heterocycles. The molecule has 5 rings (SSSR count). The van der Waals surface area contributed by atoms with Gasteiger partial charge in [0.15, 0.2) is 0 Å². The van der Waals surface area contributed by atoms with E-state index < -0.39 is 0 Å². The average molecular weight is 389 g/mol. The fourth-order valence-corrected chi connectivity index (χ4v) is 4.20. The fourth-order valence-electron chi connectivity index (χ4n) is 4.20. The maximum absolute atomic E-state index is 13.2. The number of nitrogens with zero attached hydrogens (tertiary/aromatic N) is 5. The van der Waals surface area contributed by atoms with Crippen LogP contribution in [0.2, 0.25) is 0 Å². The predicted octanol–water partition coefficient (Wildman–Crippen LogP) is 2.40. The number of amides is 2. The number of nitrogens with one attached hydrogen (secondary N) is 1. The molecule has 0 radical (unpaired) electrons. The van der Waals surface area contributed by atoms with E-state index in [9.17, 15) is 4.79 Å². The Balaban J connectivity index is 1.69. The summed E-state index contributed by atoms with van der Waals surface area (Å²) < 4.78 is 0. The summed E-state index contributed by atoms with van der Waals surface area (Å²) >= 11 is 0. The van der Waals surface area contributed by atoms with Gasteiger partial charge in [0.05, 0.1) is 23.4 Å². The molecule has 0 atom stereocenters. The molecule has 3 aromatic heterocycles. The number of pyridine rings is 3. The van der Waals surface area contributed by atoms with Crippen LogP contribution >= 0.6 is 0 Å². The van der Waals surface area contributed by atoms with Crippen molar-refractivity contribution in [2.75, 3.05) is 30.8 Å². The summed E-state index contributed by atoms with van der Waals surface area (Å²) in [6.07, 6.45) is 5.44. The third kappa shape index (κ3) is 3.05. The van der Waals surface area contributed by atoms with Crippen molar-refractivity contribution < 1.29 is 4.79 Å². The summed E-state index contributed by atoms with van der Waals surface area (Å²) in [6.45, 7) is 2.35. The minimum Gasteiger partial charge on any atom is -0.384 e. The third-order valence-electron chi connectivity index (χ3n) is 5.70. The first-order valence-corrected chi connectivity index (χ1v) is 9.87. The number of fused-ring (bicyclic) bond motifs is 3. The monoisotopic (exact) mass is 389 g/mol. The topological polar surface area (TPSA) is 100 Å². The highest BCUT2D eigenvalue weighted by Gasteiger charge is 2.36. The number of carbonyl (C=O) groups excluding carboxylic acids is 1. The first-order valence-electron chi connectivity index (χ1n) is 9.87. The Morgan fingerprint density at radius 1 is 1.10 bits per heavy atom. The van der Waals surface area contributed by atoms with Crippen molar-refractivity contribution in [2.24, 2.45) is 0 Å². The van der Waals surface area contributed by atoms with E-state index in [1.807, 2.05) is 36.3 Å². The van der Waals surface area contributed by atoms with Crippen LogP contribution < -0.4 is 16.0 Å². The summed E-state index contributed by atoms with van der Waals surface area (Å²) in [5.41, 5.74) is 10.9. The minimum absolute atomic E-state index is 0.0262. The zero-order valence-electron chi connectivity index (χ0n) is 16.3. The molecule has 2 aliphatic rings. The second kappa shape index (κ2) is 6.97. The lowest BCUT2D eigenvalue weighted by Gasteiger charge is -2.41. The number of piperidine rings is 1. The van der Waals surface area contributed by atoms with Gasteiger partial charge >= 0.3 is 6.03 Å². The van der Waals surface area contributed by atoms with Crippen molar-refractivity contribution >= 4 is 28.6 Å². The van der Waals surface area contributed by atoms with Gasteiger partial charge in [-0.05, 0) is 50.2 Å². The lowest BCUT2D eigenvalue weighted by atomic mass is 10.0. The molecule has 8 heteroatoms. The Bertz CT molecular complexity index is 1080. The number of aromatic nitrogens is 3. The lowest BCUT2D eigenvalue weighted by Crippen LogP contribution is -2.53. The Hall–Kier alpha value is -3.26. The number of urea groups is 1. The molecule has 148 valence electrons. The number of nitrogen functional groups attached to an aromatic ring is 1. The van der Waals surface area contributed by atoms with Gasteiger partial charge in [0.2, 0.25) is 0 Å². The number of hydrogen-bond acceptors (Lipinski definition) is 6. The SMILES string of the molecule is CN1Cc2cnc3ccc(-c4ccc(N)nc4)nc3c2N(C2CCNCC2)C1=O. The smallest absolute Gasteiger partial charge is 0.324 e. The number of rotatable bonds is 2. The van der Waals surface area contributed by atoms with E-state index in [1.165, 1.54) is 0 Å². The van der Waals surface area contributed by atoms with Crippen LogP contribution in [0.15, 0.2) is 36.7 Å². The molecule has 0 bridgehead atoms. The van der Waals surface area contributed by atoms with E-state index in [0.717, 1.165) is 59.5 Å². The molecule has 1 fully saturated rings. The molecule has 0 aliphatic carbocycles. The maximum atomic E-state index is 13.2. The van der Waals surface area contributed by atoms with Gasteiger partial charge in [-0.1, -0.05) is 0 Å². The van der Waals surface area contributed by atoms with Crippen molar-refractivity contribution in [1.82, 2.24) is 25.2 Å². The highest BCUT2D eigenvalue weighted by atomic mass is 16.2. The van der Waals surface area contributed by atoms with E-state index in [0.29, 0.717) is 12.4 Å². The number of nitrogens with two attached hydrogens (primary N) is 1. The number of anilines is 2. The zero-order valence-corrected chi connectivity index (χ0v) is 16.3. The summed E-state index contributed by atoms with van der Waals surface area (Å²) in [5, 5.41) is 3.38. The van der Waals surface area contributed by atoms with Crippen LogP contribution in [0.1, 0.15) is 18.4 Å². The standard InChI is InChI=1S/C21H23N7O/c1-27-12-14-11-24-17-4-3-16(13-2-5-18(22)25-10-13)26-19(17)20(14)28(21(27)29)15-6-8-23-9-7-15/h2-5,10-11,15,23H,6-9,12H2,1H3,(H2,22,25). The molecule has 0 aromatic carbocycles. The largest absolute Gasteiger partial charge is 0.384 e. The maximum Gasteiger partial charge on any atom is 0.324 e. The predicted molar refractivity (Wildman–Crippen MR) is 112 cm³/mol.